The van der Waals surface area contributed by atoms with Crippen LogP contribution in [0.4, 0.5) is 0 Å². The fraction of sp³-hybridized carbons (Fsp3) is 1.00. The van der Waals surface area contributed by atoms with Crippen LogP contribution in [-0.4, -0.2) is 64.6 Å². The summed E-state index contributed by atoms with van der Waals surface area (Å²) in [6, 6.07) is 0.257. The molecule has 0 radical (unpaired) electrons. The lowest BCUT2D eigenvalue weighted by atomic mass is 9.99. The Hall–Kier alpha value is -0.180. The van der Waals surface area contributed by atoms with Crippen LogP contribution >= 0.6 is 0 Å². The third kappa shape index (κ3) is 4.68. The van der Waals surface area contributed by atoms with Gasteiger partial charge in [0.2, 0.25) is 10.0 Å². The van der Waals surface area contributed by atoms with E-state index >= 15 is 0 Å². The van der Waals surface area contributed by atoms with E-state index in [0.29, 0.717) is 31.8 Å². The second-order valence-corrected chi connectivity index (χ2v) is 10.2. The maximum absolute atomic E-state index is 11.5. The van der Waals surface area contributed by atoms with Gasteiger partial charge in [0.25, 0.3) is 0 Å². The third-order valence-corrected chi connectivity index (χ3v) is 7.19. The van der Waals surface area contributed by atoms with E-state index in [-0.39, 0.29) is 17.5 Å². The largest absolute Gasteiger partial charge is 0.314 e. The van der Waals surface area contributed by atoms with Crippen molar-refractivity contribution in [3.8, 4) is 0 Å². The van der Waals surface area contributed by atoms with E-state index in [4.69, 9.17) is 0 Å². The molecule has 20 heavy (non-hydrogen) atoms. The van der Waals surface area contributed by atoms with Gasteiger partial charge in [0.05, 0.1) is 17.8 Å². The molecule has 0 aromatic rings. The van der Waals surface area contributed by atoms with Gasteiger partial charge in [-0.25, -0.2) is 21.1 Å². The fourth-order valence-corrected chi connectivity index (χ4v) is 5.36. The van der Waals surface area contributed by atoms with Crippen LogP contribution in [0, 0.1) is 5.92 Å². The number of hydrogen-bond acceptors (Lipinski definition) is 5. The van der Waals surface area contributed by atoms with Gasteiger partial charge in [-0.15, -0.1) is 0 Å². The van der Waals surface area contributed by atoms with Gasteiger partial charge in [-0.2, -0.15) is 0 Å². The van der Waals surface area contributed by atoms with Crippen LogP contribution in [0.25, 0.3) is 0 Å². The summed E-state index contributed by atoms with van der Waals surface area (Å²) in [5.74, 6) is 0.868. The zero-order valence-electron chi connectivity index (χ0n) is 11.9. The number of sulfone groups is 1. The van der Waals surface area contributed by atoms with Crippen molar-refractivity contribution in [1.82, 2.24) is 9.62 Å². The van der Waals surface area contributed by atoms with Crippen molar-refractivity contribution >= 4 is 19.9 Å². The Bertz CT molecular complexity index is 516. The Kier molecular flexibility index (Phi) is 5.09. The molecule has 0 amide bonds. The van der Waals surface area contributed by atoms with Crippen LogP contribution in [0.2, 0.25) is 0 Å². The highest BCUT2D eigenvalue weighted by Gasteiger charge is 2.27. The number of nitrogens with one attached hydrogen (secondary N) is 1. The lowest BCUT2D eigenvalue weighted by Gasteiger charge is -2.32. The molecule has 118 valence electrons. The van der Waals surface area contributed by atoms with Crippen LogP contribution in [-0.2, 0) is 19.9 Å². The molecule has 2 rings (SSSR count). The normalized spacial score (nSPS) is 29.4. The quantitative estimate of drug-likeness (QED) is 0.776. The molecule has 0 aromatic heterocycles. The monoisotopic (exact) mass is 324 g/mol. The Labute approximate surface area is 121 Å². The summed E-state index contributed by atoms with van der Waals surface area (Å²) >= 11 is 0. The van der Waals surface area contributed by atoms with Gasteiger partial charge in [0, 0.05) is 19.1 Å². The molecule has 8 heteroatoms. The molecule has 6 nitrogen and oxygen atoms in total. The lowest BCUT2D eigenvalue weighted by Crippen LogP contribution is -2.45. The average Bonchev–Trinajstić information content (AvgIpc) is 2.37. The molecule has 1 unspecified atom stereocenters. The second-order valence-electron chi connectivity index (χ2n) is 5.96. The molecule has 1 atom stereocenters. The molecule has 0 aliphatic carbocycles. The lowest BCUT2D eigenvalue weighted by molar-refractivity contribution is 0.253. The van der Waals surface area contributed by atoms with E-state index in [1.165, 1.54) is 6.26 Å². The molecule has 2 aliphatic rings. The first kappa shape index (κ1) is 16.2. The van der Waals surface area contributed by atoms with Crippen molar-refractivity contribution in [3.63, 3.8) is 0 Å². The summed E-state index contributed by atoms with van der Waals surface area (Å²) in [6.45, 7) is 1.98. The second kappa shape index (κ2) is 6.29. The van der Waals surface area contributed by atoms with Crippen molar-refractivity contribution in [2.45, 2.75) is 31.7 Å². The van der Waals surface area contributed by atoms with Gasteiger partial charge >= 0.3 is 0 Å². The SMILES string of the molecule is CS(=O)(=O)N1CCCC(CNC2CCS(=O)(=O)CC2)C1. The van der Waals surface area contributed by atoms with E-state index in [9.17, 15) is 16.8 Å². The predicted molar refractivity (Wildman–Crippen MR) is 78.8 cm³/mol. The van der Waals surface area contributed by atoms with Crippen molar-refractivity contribution in [3.05, 3.63) is 0 Å². The highest BCUT2D eigenvalue weighted by atomic mass is 32.2. The number of sulfonamides is 1. The molecular weight excluding hydrogens is 300 g/mol. The Balaban J connectivity index is 1.77. The maximum atomic E-state index is 11.5. The summed E-state index contributed by atoms with van der Waals surface area (Å²) in [6.07, 6.45) is 4.53. The average molecular weight is 324 g/mol. The van der Waals surface area contributed by atoms with Gasteiger partial charge in [0.15, 0.2) is 0 Å². The molecule has 2 aliphatic heterocycles. The number of piperidine rings is 1. The van der Waals surface area contributed by atoms with E-state index in [0.717, 1.165) is 19.4 Å². The molecule has 2 saturated heterocycles. The Morgan fingerprint density at radius 3 is 2.45 bits per heavy atom. The topological polar surface area (TPSA) is 83.6 Å². The van der Waals surface area contributed by atoms with Crippen molar-refractivity contribution in [2.24, 2.45) is 5.92 Å². The number of hydrogen-bond donors (Lipinski definition) is 1. The highest BCUT2D eigenvalue weighted by molar-refractivity contribution is 7.91. The zero-order chi connectivity index (χ0) is 14.8. The molecule has 1 N–H and O–H groups in total. The molecule has 0 aromatic carbocycles. The van der Waals surface area contributed by atoms with Gasteiger partial charge in [-0.1, -0.05) is 0 Å². The number of nitrogens with zero attached hydrogens (tertiary/aromatic N) is 1. The van der Waals surface area contributed by atoms with E-state index in [2.05, 4.69) is 5.32 Å². The highest BCUT2D eigenvalue weighted by Crippen LogP contribution is 2.19. The maximum Gasteiger partial charge on any atom is 0.211 e. The number of rotatable bonds is 4. The van der Waals surface area contributed by atoms with Gasteiger partial charge < -0.3 is 5.32 Å². The van der Waals surface area contributed by atoms with Crippen LogP contribution in [0.5, 0.6) is 0 Å². The van der Waals surface area contributed by atoms with E-state index < -0.39 is 19.9 Å². The summed E-state index contributed by atoms with van der Waals surface area (Å²) in [4.78, 5) is 0. The molecule has 0 saturated carbocycles. The van der Waals surface area contributed by atoms with Gasteiger partial charge in [-0.3, -0.25) is 0 Å². The Morgan fingerprint density at radius 2 is 1.85 bits per heavy atom. The molecule has 2 heterocycles. The minimum Gasteiger partial charge on any atom is -0.314 e. The summed E-state index contributed by atoms with van der Waals surface area (Å²) in [7, 11) is -5.91. The first-order valence-corrected chi connectivity index (χ1v) is 10.8. The smallest absolute Gasteiger partial charge is 0.211 e. The molecular formula is C12H24N2O4S2. The van der Waals surface area contributed by atoms with Crippen molar-refractivity contribution in [1.29, 1.82) is 0 Å². The molecule has 2 fully saturated rings. The summed E-state index contributed by atoms with van der Waals surface area (Å²) in [5, 5.41) is 3.42. The first-order valence-electron chi connectivity index (χ1n) is 7.15. The molecule has 0 spiro atoms. The van der Waals surface area contributed by atoms with Crippen LogP contribution < -0.4 is 5.32 Å². The van der Waals surface area contributed by atoms with Gasteiger partial charge in [-0.05, 0) is 38.1 Å². The van der Waals surface area contributed by atoms with Crippen molar-refractivity contribution < 1.29 is 16.8 Å². The van der Waals surface area contributed by atoms with Crippen molar-refractivity contribution in [2.75, 3.05) is 37.4 Å². The minimum atomic E-state index is -3.09. The first-order chi connectivity index (χ1) is 9.26. The van der Waals surface area contributed by atoms with E-state index in [1.54, 1.807) is 4.31 Å². The fourth-order valence-electron chi connectivity index (χ4n) is 2.92. The molecule has 0 bridgehead atoms. The Morgan fingerprint density at radius 1 is 1.20 bits per heavy atom. The minimum absolute atomic E-state index is 0.257. The summed E-state index contributed by atoms with van der Waals surface area (Å²) < 4.78 is 47.4. The zero-order valence-corrected chi connectivity index (χ0v) is 13.5. The predicted octanol–water partition coefficient (Wildman–Crippen LogP) is -0.175. The standard InChI is InChI=1S/C12H24N2O4S2/c1-19(15,16)14-6-2-3-11(10-14)9-13-12-4-7-20(17,18)8-5-12/h11-13H,2-10H2,1H3. The van der Waals surface area contributed by atoms with Crippen LogP contribution in [0.1, 0.15) is 25.7 Å². The van der Waals surface area contributed by atoms with Crippen LogP contribution in [0.15, 0.2) is 0 Å². The summed E-state index contributed by atoms with van der Waals surface area (Å²) in [5.41, 5.74) is 0. The third-order valence-electron chi connectivity index (χ3n) is 4.20. The van der Waals surface area contributed by atoms with Gasteiger partial charge in [0.1, 0.15) is 9.84 Å². The van der Waals surface area contributed by atoms with E-state index in [1.807, 2.05) is 0 Å². The van der Waals surface area contributed by atoms with Crippen LogP contribution in [0.3, 0.4) is 0 Å².